The smallest absolute Gasteiger partial charge is 0.152 e. The number of phenols is 1. The Kier molecular flexibility index (Phi) is 5.98. The number of anilines is 1. The van der Waals surface area contributed by atoms with Gasteiger partial charge in [0.25, 0.3) is 0 Å². The molecule has 0 aliphatic rings. The monoisotopic (exact) mass is 441 g/mol. The minimum Gasteiger partial charge on any atom is -0.505 e. The Morgan fingerprint density at radius 3 is 2.37 bits per heavy atom. The zero-order valence-corrected chi connectivity index (χ0v) is 17.3. The first-order valence-corrected chi connectivity index (χ1v) is 10.1. The van der Waals surface area contributed by atoms with E-state index in [1.54, 1.807) is 30.3 Å². The fourth-order valence-electron chi connectivity index (χ4n) is 3.26. The Morgan fingerprint density at radius 2 is 1.60 bits per heavy atom. The summed E-state index contributed by atoms with van der Waals surface area (Å²) in [6.45, 7) is 0.542. The maximum Gasteiger partial charge on any atom is 0.152 e. The van der Waals surface area contributed by atoms with Crippen LogP contribution in [-0.4, -0.2) is 5.11 Å². The summed E-state index contributed by atoms with van der Waals surface area (Å²) in [5.41, 5.74) is 2.07. The van der Waals surface area contributed by atoms with Gasteiger partial charge >= 0.3 is 0 Å². The second-order valence-electron chi connectivity index (χ2n) is 6.79. The molecule has 4 aromatic carbocycles. The number of fused-ring (bicyclic) bond motifs is 1. The maximum atomic E-state index is 14.0. The molecule has 0 atom stereocenters. The van der Waals surface area contributed by atoms with Gasteiger partial charge in [0.05, 0.1) is 10.0 Å². The quantitative estimate of drug-likeness (QED) is 0.311. The van der Waals surface area contributed by atoms with Gasteiger partial charge in [0.1, 0.15) is 18.2 Å². The summed E-state index contributed by atoms with van der Waals surface area (Å²) in [7, 11) is 0. The van der Waals surface area contributed by atoms with Gasteiger partial charge in [-0.2, -0.15) is 0 Å². The van der Waals surface area contributed by atoms with Gasteiger partial charge in [-0.25, -0.2) is 4.39 Å². The minimum absolute atomic E-state index is 0.120. The largest absolute Gasteiger partial charge is 0.505 e. The molecule has 0 radical (unpaired) electrons. The summed E-state index contributed by atoms with van der Waals surface area (Å²) < 4.78 is 20.0. The van der Waals surface area contributed by atoms with Gasteiger partial charge in [0, 0.05) is 23.4 Å². The van der Waals surface area contributed by atoms with Crippen LogP contribution in [0.5, 0.6) is 11.5 Å². The molecule has 0 unspecified atom stereocenters. The highest BCUT2D eigenvalue weighted by atomic mass is 35.5. The molecule has 152 valence electrons. The summed E-state index contributed by atoms with van der Waals surface area (Å²) in [5, 5.41) is 15.5. The fraction of sp³-hybridized carbons (Fsp3) is 0.0833. The Labute approximate surface area is 183 Å². The van der Waals surface area contributed by atoms with Crippen molar-refractivity contribution in [3.8, 4) is 11.5 Å². The lowest BCUT2D eigenvalue weighted by Crippen LogP contribution is -2.05. The van der Waals surface area contributed by atoms with E-state index in [1.807, 2.05) is 36.4 Å². The van der Waals surface area contributed by atoms with Crippen LogP contribution in [0, 0.1) is 5.82 Å². The SMILES string of the molecule is Oc1c(Cl)cc(NCc2c(OCc3ccccc3F)ccc3ccccc23)cc1Cl. The number of ether oxygens (including phenoxy) is 1. The third-order valence-electron chi connectivity index (χ3n) is 4.82. The van der Waals surface area contributed by atoms with Crippen molar-refractivity contribution >= 4 is 39.7 Å². The van der Waals surface area contributed by atoms with Crippen molar-refractivity contribution in [2.75, 3.05) is 5.32 Å². The van der Waals surface area contributed by atoms with Crippen LogP contribution in [0.25, 0.3) is 10.8 Å². The van der Waals surface area contributed by atoms with Gasteiger partial charge in [0.2, 0.25) is 0 Å². The first-order chi connectivity index (χ1) is 14.5. The predicted molar refractivity (Wildman–Crippen MR) is 120 cm³/mol. The molecule has 0 amide bonds. The highest BCUT2D eigenvalue weighted by molar-refractivity contribution is 6.37. The molecule has 0 saturated carbocycles. The van der Waals surface area contributed by atoms with Crippen LogP contribution >= 0.6 is 23.2 Å². The van der Waals surface area contributed by atoms with Gasteiger partial charge in [-0.15, -0.1) is 0 Å². The van der Waals surface area contributed by atoms with Gasteiger partial charge in [-0.1, -0.05) is 71.7 Å². The van der Waals surface area contributed by atoms with Crippen molar-refractivity contribution in [2.24, 2.45) is 0 Å². The number of nitrogens with one attached hydrogen (secondary N) is 1. The molecule has 0 aliphatic carbocycles. The van der Waals surface area contributed by atoms with E-state index in [4.69, 9.17) is 27.9 Å². The van der Waals surface area contributed by atoms with E-state index in [-0.39, 0.29) is 28.2 Å². The van der Waals surface area contributed by atoms with Crippen molar-refractivity contribution in [1.82, 2.24) is 0 Å². The highest BCUT2D eigenvalue weighted by Crippen LogP contribution is 2.35. The lowest BCUT2D eigenvalue weighted by atomic mass is 10.0. The van der Waals surface area contributed by atoms with Crippen LogP contribution in [0.1, 0.15) is 11.1 Å². The van der Waals surface area contributed by atoms with Crippen molar-refractivity contribution in [3.05, 3.63) is 99.8 Å². The van der Waals surface area contributed by atoms with Crippen LogP contribution in [0.3, 0.4) is 0 Å². The minimum atomic E-state index is -0.300. The number of benzene rings is 4. The molecule has 6 heteroatoms. The number of hydrogen-bond donors (Lipinski definition) is 2. The van der Waals surface area contributed by atoms with Gasteiger partial charge in [-0.05, 0) is 35.0 Å². The zero-order valence-electron chi connectivity index (χ0n) is 15.8. The van der Waals surface area contributed by atoms with E-state index in [0.717, 1.165) is 16.3 Å². The lowest BCUT2D eigenvalue weighted by molar-refractivity contribution is 0.297. The van der Waals surface area contributed by atoms with Crippen LogP contribution in [0.15, 0.2) is 72.8 Å². The number of rotatable bonds is 6. The molecule has 3 nitrogen and oxygen atoms in total. The summed E-state index contributed by atoms with van der Waals surface area (Å²) in [4.78, 5) is 0. The summed E-state index contributed by atoms with van der Waals surface area (Å²) in [6, 6.07) is 21.6. The van der Waals surface area contributed by atoms with Crippen molar-refractivity contribution in [3.63, 3.8) is 0 Å². The van der Waals surface area contributed by atoms with Crippen molar-refractivity contribution < 1.29 is 14.2 Å². The first kappa shape index (κ1) is 20.3. The summed E-state index contributed by atoms with van der Waals surface area (Å²) in [5.74, 6) is 0.203. The Hall–Kier alpha value is -2.95. The molecule has 4 rings (SSSR count). The molecule has 0 heterocycles. The standard InChI is InChI=1S/C24H18Cl2FNO2/c25-20-11-17(12-21(26)24(20)29)28-13-19-18-7-3-1-5-15(18)9-10-23(19)30-14-16-6-2-4-8-22(16)27/h1-12,28-29H,13-14H2. The molecule has 0 aliphatic heterocycles. The molecule has 0 aromatic heterocycles. The first-order valence-electron chi connectivity index (χ1n) is 9.31. The molecule has 4 aromatic rings. The van der Waals surface area contributed by atoms with Gasteiger partial charge in [-0.3, -0.25) is 0 Å². The van der Waals surface area contributed by atoms with E-state index in [2.05, 4.69) is 5.32 Å². The summed E-state index contributed by atoms with van der Waals surface area (Å²) in [6.07, 6.45) is 0. The topological polar surface area (TPSA) is 41.5 Å². The van der Waals surface area contributed by atoms with E-state index in [9.17, 15) is 9.50 Å². The van der Waals surface area contributed by atoms with Gasteiger partial charge in [0.15, 0.2) is 5.75 Å². The highest BCUT2D eigenvalue weighted by Gasteiger charge is 2.12. The molecule has 0 spiro atoms. The second-order valence-corrected chi connectivity index (χ2v) is 7.60. The Balaban J connectivity index is 1.64. The number of hydrogen-bond acceptors (Lipinski definition) is 3. The molecule has 2 N–H and O–H groups in total. The predicted octanol–water partition coefficient (Wildman–Crippen LogP) is 7.18. The lowest BCUT2D eigenvalue weighted by Gasteiger charge is -2.16. The molecule has 30 heavy (non-hydrogen) atoms. The molecule has 0 bridgehead atoms. The normalized spacial score (nSPS) is 10.9. The van der Waals surface area contributed by atoms with Crippen molar-refractivity contribution in [1.29, 1.82) is 0 Å². The molecule has 0 fully saturated rings. The molecular weight excluding hydrogens is 424 g/mol. The average Bonchev–Trinajstić information content (AvgIpc) is 2.75. The van der Waals surface area contributed by atoms with E-state index in [0.29, 0.717) is 23.5 Å². The average molecular weight is 442 g/mol. The van der Waals surface area contributed by atoms with E-state index >= 15 is 0 Å². The zero-order chi connectivity index (χ0) is 21.1. The fourth-order valence-corrected chi connectivity index (χ4v) is 3.75. The van der Waals surface area contributed by atoms with E-state index < -0.39 is 0 Å². The Morgan fingerprint density at radius 1 is 0.900 bits per heavy atom. The second kappa shape index (κ2) is 8.82. The maximum absolute atomic E-state index is 14.0. The number of halogens is 3. The third kappa shape index (κ3) is 4.30. The number of phenolic OH excluding ortho intramolecular Hbond substituents is 1. The van der Waals surface area contributed by atoms with Crippen LogP contribution in [0.4, 0.5) is 10.1 Å². The van der Waals surface area contributed by atoms with Gasteiger partial charge < -0.3 is 15.2 Å². The van der Waals surface area contributed by atoms with E-state index in [1.165, 1.54) is 6.07 Å². The molecule has 0 saturated heterocycles. The van der Waals surface area contributed by atoms with Crippen LogP contribution in [0.2, 0.25) is 10.0 Å². The van der Waals surface area contributed by atoms with Crippen LogP contribution in [-0.2, 0) is 13.2 Å². The Bertz CT molecular complexity index is 1190. The third-order valence-corrected chi connectivity index (χ3v) is 5.40. The number of aromatic hydroxyl groups is 1. The molecular formula is C24H18Cl2FNO2. The summed E-state index contributed by atoms with van der Waals surface area (Å²) >= 11 is 12.0. The van der Waals surface area contributed by atoms with Crippen molar-refractivity contribution in [2.45, 2.75) is 13.2 Å². The van der Waals surface area contributed by atoms with Crippen LogP contribution < -0.4 is 10.1 Å².